The van der Waals surface area contributed by atoms with Gasteiger partial charge in [-0.25, -0.2) is 5.43 Å². The first kappa shape index (κ1) is 31.9. The van der Waals surface area contributed by atoms with Gasteiger partial charge in [-0.3, -0.25) is 9.59 Å². The lowest BCUT2D eigenvalue weighted by Crippen LogP contribution is -2.32. The highest BCUT2D eigenvalue weighted by molar-refractivity contribution is 6.09. The molecule has 1 fully saturated rings. The molecular weight excluding hydrogens is 536 g/mol. The van der Waals surface area contributed by atoms with Crippen LogP contribution in [0.2, 0.25) is 0 Å². The lowest BCUT2D eigenvalue weighted by molar-refractivity contribution is 0.0956. The molecule has 0 bridgehead atoms. The molecule has 1 aliphatic heterocycles. The molecule has 2 N–H and O–H groups in total. The third-order valence-electron chi connectivity index (χ3n) is 8.01. The predicted octanol–water partition coefficient (Wildman–Crippen LogP) is 5.78. The average Bonchev–Trinajstić information content (AvgIpc) is 3.03. The van der Waals surface area contributed by atoms with Crippen LogP contribution in [0.4, 0.5) is 11.4 Å². The number of nitrogens with zero attached hydrogens (tertiary/aromatic N) is 4. The van der Waals surface area contributed by atoms with Crippen LogP contribution in [0.1, 0.15) is 70.5 Å². The molecule has 1 saturated heterocycles. The maximum Gasteiger partial charge on any atom is 0.273 e. The summed E-state index contributed by atoms with van der Waals surface area (Å²) in [5.41, 5.74) is 8.13. The topological polar surface area (TPSA) is 80.3 Å². The van der Waals surface area contributed by atoms with E-state index in [1.807, 2.05) is 73.7 Å². The number of likely N-dealkylation sites (N-methyl/N-ethyl adjacent to an activating group) is 2. The van der Waals surface area contributed by atoms with Gasteiger partial charge in [-0.15, -0.1) is 0 Å². The third kappa shape index (κ3) is 9.49. The Morgan fingerprint density at radius 1 is 0.907 bits per heavy atom. The van der Waals surface area contributed by atoms with Gasteiger partial charge in [0.25, 0.3) is 11.8 Å². The summed E-state index contributed by atoms with van der Waals surface area (Å²) in [5.74, 6) is -0.628. The van der Waals surface area contributed by atoms with Crippen LogP contribution >= 0.6 is 0 Å². The summed E-state index contributed by atoms with van der Waals surface area (Å²) in [6, 6.07) is 21.3. The van der Waals surface area contributed by atoms with Crippen molar-refractivity contribution in [3.63, 3.8) is 0 Å². The SMILES string of the molecule is CCN(CC)CCN(C)Cc1cccc(C(=O)Nc2ccc(N3CCCCC3)cc2C(=O)N/N=C/c2ccc(C)cc2)c1. The van der Waals surface area contributed by atoms with Crippen molar-refractivity contribution >= 4 is 29.4 Å². The number of carbonyl (C=O) groups excluding carboxylic acids is 2. The smallest absolute Gasteiger partial charge is 0.273 e. The number of rotatable bonds is 13. The molecule has 0 atom stereocenters. The minimum absolute atomic E-state index is 0.254. The number of anilines is 2. The van der Waals surface area contributed by atoms with Crippen LogP contribution in [0.5, 0.6) is 0 Å². The van der Waals surface area contributed by atoms with E-state index in [-0.39, 0.29) is 11.8 Å². The van der Waals surface area contributed by atoms with E-state index in [9.17, 15) is 9.59 Å². The van der Waals surface area contributed by atoms with Gasteiger partial charge in [0.1, 0.15) is 0 Å². The van der Waals surface area contributed by atoms with Crippen molar-refractivity contribution in [3.05, 3.63) is 94.5 Å². The Kier molecular flexibility index (Phi) is 11.9. The van der Waals surface area contributed by atoms with Gasteiger partial charge in [0, 0.05) is 44.0 Å². The molecule has 228 valence electrons. The molecule has 0 saturated carbocycles. The number of piperidine rings is 1. The molecule has 0 aliphatic carbocycles. The van der Waals surface area contributed by atoms with E-state index >= 15 is 0 Å². The molecule has 0 spiro atoms. The van der Waals surface area contributed by atoms with Gasteiger partial charge in [-0.2, -0.15) is 5.10 Å². The summed E-state index contributed by atoms with van der Waals surface area (Å²) in [7, 11) is 2.10. The van der Waals surface area contributed by atoms with E-state index in [0.29, 0.717) is 16.8 Å². The Morgan fingerprint density at radius 3 is 2.37 bits per heavy atom. The first-order valence-electron chi connectivity index (χ1n) is 15.5. The molecule has 4 rings (SSSR count). The number of aryl methyl sites for hydroxylation is 1. The maximum atomic E-state index is 13.4. The molecule has 0 radical (unpaired) electrons. The second-order valence-electron chi connectivity index (χ2n) is 11.3. The Morgan fingerprint density at radius 2 is 1.65 bits per heavy atom. The van der Waals surface area contributed by atoms with E-state index in [2.05, 4.69) is 51.4 Å². The van der Waals surface area contributed by atoms with Crippen molar-refractivity contribution in [2.24, 2.45) is 5.10 Å². The van der Waals surface area contributed by atoms with Crippen molar-refractivity contribution < 1.29 is 9.59 Å². The zero-order chi connectivity index (χ0) is 30.6. The van der Waals surface area contributed by atoms with E-state index in [1.54, 1.807) is 6.21 Å². The summed E-state index contributed by atoms with van der Waals surface area (Å²) in [6.45, 7) is 13.1. The van der Waals surface area contributed by atoms with Gasteiger partial charge in [0.15, 0.2) is 0 Å². The molecule has 1 aliphatic rings. The fourth-order valence-corrected chi connectivity index (χ4v) is 5.30. The quantitative estimate of drug-likeness (QED) is 0.197. The minimum Gasteiger partial charge on any atom is -0.372 e. The average molecular weight is 583 g/mol. The summed E-state index contributed by atoms with van der Waals surface area (Å²) >= 11 is 0. The summed E-state index contributed by atoms with van der Waals surface area (Å²) in [5, 5.41) is 7.18. The molecule has 8 heteroatoms. The van der Waals surface area contributed by atoms with Crippen LogP contribution in [0.15, 0.2) is 71.8 Å². The Balaban J connectivity index is 1.49. The lowest BCUT2D eigenvalue weighted by atomic mass is 10.1. The molecule has 1 heterocycles. The zero-order valence-corrected chi connectivity index (χ0v) is 26.1. The van der Waals surface area contributed by atoms with Crippen LogP contribution in [0.25, 0.3) is 0 Å². The molecule has 43 heavy (non-hydrogen) atoms. The van der Waals surface area contributed by atoms with Gasteiger partial charge < -0.3 is 20.0 Å². The van der Waals surface area contributed by atoms with Crippen LogP contribution in [-0.2, 0) is 6.54 Å². The number of benzene rings is 3. The van der Waals surface area contributed by atoms with Crippen molar-refractivity contribution in [1.82, 2.24) is 15.2 Å². The van der Waals surface area contributed by atoms with E-state index in [1.165, 1.54) is 6.42 Å². The Labute approximate surface area is 256 Å². The van der Waals surface area contributed by atoms with E-state index in [0.717, 1.165) is 81.0 Å². The monoisotopic (exact) mass is 582 g/mol. The highest BCUT2D eigenvalue weighted by atomic mass is 16.2. The molecule has 3 aromatic carbocycles. The number of carbonyl (C=O) groups is 2. The maximum absolute atomic E-state index is 13.4. The van der Waals surface area contributed by atoms with Crippen molar-refractivity contribution in [2.45, 2.75) is 46.6 Å². The van der Waals surface area contributed by atoms with Gasteiger partial charge in [0.05, 0.1) is 17.5 Å². The summed E-state index contributed by atoms with van der Waals surface area (Å²) in [6.07, 6.45) is 5.09. The molecule has 8 nitrogen and oxygen atoms in total. The van der Waals surface area contributed by atoms with Crippen molar-refractivity contribution in [1.29, 1.82) is 0 Å². The van der Waals surface area contributed by atoms with Crippen LogP contribution in [0.3, 0.4) is 0 Å². The first-order valence-corrected chi connectivity index (χ1v) is 15.5. The highest BCUT2D eigenvalue weighted by Gasteiger charge is 2.19. The van der Waals surface area contributed by atoms with Gasteiger partial charge in [-0.05, 0) is 87.8 Å². The van der Waals surface area contributed by atoms with Crippen molar-refractivity contribution in [3.8, 4) is 0 Å². The number of hydrogen-bond donors (Lipinski definition) is 2. The van der Waals surface area contributed by atoms with Gasteiger partial charge in [-0.1, -0.05) is 55.8 Å². The number of hydrazone groups is 1. The third-order valence-corrected chi connectivity index (χ3v) is 8.01. The first-order chi connectivity index (χ1) is 20.9. The van der Waals surface area contributed by atoms with E-state index in [4.69, 9.17) is 0 Å². The fraction of sp³-hybridized carbons (Fsp3) is 0.400. The number of amides is 2. The fourth-order valence-electron chi connectivity index (χ4n) is 5.30. The summed E-state index contributed by atoms with van der Waals surface area (Å²) < 4.78 is 0. The number of hydrogen-bond acceptors (Lipinski definition) is 6. The lowest BCUT2D eigenvalue weighted by Gasteiger charge is -2.29. The normalized spacial score (nSPS) is 13.6. The Hall–Kier alpha value is -4.01. The second kappa shape index (κ2) is 16.0. The number of nitrogens with one attached hydrogen (secondary N) is 2. The predicted molar refractivity (Wildman–Crippen MR) is 177 cm³/mol. The van der Waals surface area contributed by atoms with Crippen LogP contribution in [-0.4, -0.2) is 74.1 Å². The van der Waals surface area contributed by atoms with Gasteiger partial charge >= 0.3 is 0 Å². The molecule has 0 aromatic heterocycles. The summed E-state index contributed by atoms with van der Waals surface area (Å²) in [4.78, 5) is 33.8. The molecule has 0 unspecified atom stereocenters. The minimum atomic E-state index is -0.374. The van der Waals surface area contributed by atoms with Crippen LogP contribution < -0.4 is 15.6 Å². The van der Waals surface area contributed by atoms with E-state index < -0.39 is 0 Å². The van der Waals surface area contributed by atoms with Crippen molar-refractivity contribution in [2.75, 3.05) is 56.5 Å². The standard InChI is InChI=1S/C35H46N6O2/c1-5-40(6-2)22-21-39(4)26-29-11-10-12-30(23-29)34(42)37-33-18-17-31(41-19-8-7-9-20-41)24-32(33)35(43)38-36-25-28-15-13-27(3)14-16-28/h10-18,23-25H,5-9,19-22,26H2,1-4H3,(H,37,42)(H,38,43)/b36-25+. The largest absolute Gasteiger partial charge is 0.372 e. The molecule has 2 amide bonds. The Bertz CT molecular complexity index is 1380. The van der Waals surface area contributed by atoms with Gasteiger partial charge in [0.2, 0.25) is 0 Å². The molecule has 3 aromatic rings. The second-order valence-corrected chi connectivity index (χ2v) is 11.3. The highest BCUT2D eigenvalue weighted by Crippen LogP contribution is 2.26. The molecular formula is C35H46N6O2. The van der Waals surface area contributed by atoms with Crippen LogP contribution in [0, 0.1) is 6.92 Å². The zero-order valence-electron chi connectivity index (χ0n) is 26.1.